The van der Waals surface area contributed by atoms with E-state index in [0.717, 1.165) is 35.2 Å². The van der Waals surface area contributed by atoms with Crippen LogP contribution >= 0.6 is 0 Å². The molecular formula is C30H33FN2O4. The first kappa shape index (κ1) is 26.4. The number of benzene rings is 2. The molecule has 3 aromatic rings. The van der Waals surface area contributed by atoms with Crippen molar-refractivity contribution in [2.45, 2.75) is 31.9 Å². The fourth-order valence-electron chi connectivity index (χ4n) is 5.15. The van der Waals surface area contributed by atoms with Gasteiger partial charge in [-0.05, 0) is 85.7 Å². The van der Waals surface area contributed by atoms with E-state index < -0.39 is 12.1 Å². The average Bonchev–Trinajstić information content (AvgIpc) is 2.91. The van der Waals surface area contributed by atoms with Crippen LogP contribution in [0, 0.1) is 23.7 Å². The molecule has 3 atom stereocenters. The number of methoxy groups -OCH3 is 2. The van der Waals surface area contributed by atoms with Gasteiger partial charge in [-0.3, -0.25) is 14.7 Å². The van der Waals surface area contributed by atoms with E-state index in [1.54, 1.807) is 26.5 Å². The number of carboxylic acid groups (broad SMARTS) is 1. The molecule has 1 fully saturated rings. The third-order valence-corrected chi connectivity index (χ3v) is 7.13. The van der Waals surface area contributed by atoms with Gasteiger partial charge < -0.3 is 14.6 Å². The number of fused-ring (bicyclic) bond motifs is 1. The largest absolute Gasteiger partial charge is 0.497 e. The first-order chi connectivity index (χ1) is 18.0. The fraction of sp³-hybridized carbons (Fsp3) is 0.400. The average molecular weight is 505 g/mol. The minimum Gasteiger partial charge on any atom is -0.497 e. The van der Waals surface area contributed by atoms with E-state index >= 15 is 4.39 Å². The quantitative estimate of drug-likeness (QED) is 0.388. The highest BCUT2D eigenvalue weighted by Gasteiger charge is 2.31. The zero-order valence-electron chi connectivity index (χ0n) is 21.3. The van der Waals surface area contributed by atoms with Crippen molar-refractivity contribution >= 4 is 16.9 Å². The molecule has 37 heavy (non-hydrogen) atoms. The lowest BCUT2D eigenvalue weighted by atomic mass is 9.79. The van der Waals surface area contributed by atoms with Crippen molar-refractivity contribution in [2.24, 2.45) is 11.8 Å². The molecule has 4 rings (SSSR count). The van der Waals surface area contributed by atoms with Gasteiger partial charge in [0.2, 0.25) is 0 Å². The number of halogens is 1. The Bertz CT molecular complexity index is 1290. The number of aromatic nitrogens is 1. The summed E-state index contributed by atoms with van der Waals surface area (Å²) >= 11 is 0. The van der Waals surface area contributed by atoms with Crippen LogP contribution in [0.2, 0.25) is 0 Å². The molecule has 2 aromatic carbocycles. The Labute approximate surface area is 217 Å². The van der Waals surface area contributed by atoms with Crippen molar-refractivity contribution < 1.29 is 23.8 Å². The molecule has 1 aromatic heterocycles. The minimum absolute atomic E-state index is 0.0358. The zero-order valence-corrected chi connectivity index (χ0v) is 21.3. The summed E-state index contributed by atoms with van der Waals surface area (Å²) in [5, 5.41) is 10.3. The lowest BCUT2D eigenvalue weighted by Gasteiger charge is -2.37. The number of hydrogen-bond acceptors (Lipinski definition) is 5. The maximum Gasteiger partial charge on any atom is 0.303 e. The normalized spacial score (nSPS) is 18.6. The maximum atomic E-state index is 15.5. The van der Waals surface area contributed by atoms with Gasteiger partial charge in [-0.2, -0.15) is 0 Å². The second kappa shape index (κ2) is 12.6. The molecule has 1 N–H and O–H groups in total. The predicted molar refractivity (Wildman–Crippen MR) is 142 cm³/mol. The molecule has 1 aliphatic rings. The maximum absolute atomic E-state index is 15.5. The highest BCUT2D eigenvalue weighted by Crippen LogP contribution is 2.36. The van der Waals surface area contributed by atoms with Gasteiger partial charge in [-0.15, -0.1) is 0 Å². The number of carboxylic acids is 1. The molecule has 194 valence electrons. The van der Waals surface area contributed by atoms with E-state index in [2.05, 4.69) is 21.7 Å². The van der Waals surface area contributed by atoms with E-state index in [4.69, 9.17) is 9.47 Å². The Morgan fingerprint density at radius 2 is 1.97 bits per heavy atom. The molecule has 2 heterocycles. The lowest BCUT2D eigenvalue weighted by molar-refractivity contribution is -0.139. The van der Waals surface area contributed by atoms with Crippen molar-refractivity contribution in [3.63, 3.8) is 0 Å². The van der Waals surface area contributed by atoms with Gasteiger partial charge >= 0.3 is 5.97 Å². The molecule has 0 spiro atoms. The van der Waals surface area contributed by atoms with Gasteiger partial charge in [-0.1, -0.05) is 17.9 Å². The minimum atomic E-state index is -1.16. The topological polar surface area (TPSA) is 71.9 Å². The number of likely N-dealkylation sites (tertiary alicyclic amines) is 1. The van der Waals surface area contributed by atoms with Crippen LogP contribution in [0.15, 0.2) is 54.7 Å². The number of hydrogen-bond donors (Lipinski definition) is 1. The van der Waals surface area contributed by atoms with E-state index in [1.807, 2.05) is 42.5 Å². The SMILES string of the molecule is COc1cccc(C#CCN2CC[C@@H](CCC(F)c3ccnc4ccc(OC)cc34)[C@@H](CC(=O)O)C2)c1. The third-order valence-electron chi connectivity index (χ3n) is 7.13. The molecule has 1 aliphatic heterocycles. The molecule has 7 heteroatoms. The third kappa shape index (κ3) is 6.99. The van der Waals surface area contributed by atoms with Crippen LogP contribution in [0.1, 0.15) is 43.0 Å². The van der Waals surface area contributed by atoms with Crippen LogP contribution in [0.3, 0.4) is 0 Å². The second-order valence-corrected chi connectivity index (χ2v) is 9.50. The van der Waals surface area contributed by atoms with Crippen LogP contribution in [0.5, 0.6) is 11.5 Å². The number of alkyl halides is 1. The lowest BCUT2D eigenvalue weighted by Crippen LogP contribution is -2.41. The van der Waals surface area contributed by atoms with Crippen molar-refractivity contribution in [1.29, 1.82) is 0 Å². The van der Waals surface area contributed by atoms with Gasteiger partial charge in [0, 0.05) is 30.1 Å². The summed E-state index contributed by atoms with van der Waals surface area (Å²) in [4.78, 5) is 18.1. The van der Waals surface area contributed by atoms with Crippen LogP contribution in [0.4, 0.5) is 4.39 Å². The molecule has 0 bridgehead atoms. The van der Waals surface area contributed by atoms with Gasteiger partial charge in [0.05, 0.1) is 26.3 Å². The molecule has 1 unspecified atom stereocenters. The number of aliphatic carboxylic acids is 1. The van der Waals surface area contributed by atoms with E-state index in [-0.39, 0.29) is 18.3 Å². The Balaban J connectivity index is 1.38. The molecule has 0 aliphatic carbocycles. The van der Waals surface area contributed by atoms with Gasteiger partial charge in [0.15, 0.2) is 0 Å². The second-order valence-electron chi connectivity index (χ2n) is 9.50. The smallest absolute Gasteiger partial charge is 0.303 e. The van der Waals surface area contributed by atoms with E-state index in [9.17, 15) is 9.90 Å². The summed E-state index contributed by atoms with van der Waals surface area (Å²) in [6.45, 7) is 2.03. The zero-order chi connectivity index (χ0) is 26.2. The predicted octanol–water partition coefficient (Wildman–Crippen LogP) is 5.51. The summed E-state index contributed by atoms with van der Waals surface area (Å²) in [7, 11) is 3.21. The van der Waals surface area contributed by atoms with Gasteiger partial charge in [-0.25, -0.2) is 4.39 Å². The molecule has 1 saturated heterocycles. The molecule has 0 amide bonds. The van der Waals surface area contributed by atoms with Crippen molar-refractivity contribution in [3.05, 3.63) is 65.9 Å². The van der Waals surface area contributed by atoms with Crippen molar-refractivity contribution in [3.8, 4) is 23.3 Å². The summed E-state index contributed by atoms with van der Waals surface area (Å²) in [5.41, 5.74) is 2.21. The Hall–Kier alpha value is -3.63. The number of rotatable bonds is 9. The van der Waals surface area contributed by atoms with E-state index in [1.165, 1.54) is 0 Å². The first-order valence-corrected chi connectivity index (χ1v) is 12.6. The van der Waals surface area contributed by atoms with Crippen molar-refractivity contribution in [2.75, 3.05) is 33.9 Å². The van der Waals surface area contributed by atoms with Gasteiger partial charge in [0.1, 0.15) is 17.7 Å². The molecular weight excluding hydrogens is 471 g/mol. The molecule has 6 nitrogen and oxygen atoms in total. The number of nitrogens with zero attached hydrogens (tertiary/aromatic N) is 2. The van der Waals surface area contributed by atoms with Crippen LogP contribution in [-0.4, -0.2) is 54.8 Å². The highest BCUT2D eigenvalue weighted by molar-refractivity contribution is 5.83. The number of pyridine rings is 1. The summed E-state index contributed by atoms with van der Waals surface area (Å²) in [6, 6.07) is 14.8. The fourth-order valence-corrected chi connectivity index (χ4v) is 5.15. The van der Waals surface area contributed by atoms with Crippen LogP contribution in [-0.2, 0) is 4.79 Å². The molecule has 0 radical (unpaired) electrons. The summed E-state index contributed by atoms with van der Waals surface area (Å²) in [6.07, 6.45) is 2.36. The summed E-state index contributed by atoms with van der Waals surface area (Å²) in [5.74, 6) is 7.10. The van der Waals surface area contributed by atoms with Crippen LogP contribution in [0.25, 0.3) is 10.9 Å². The number of ether oxygens (including phenoxy) is 2. The monoisotopic (exact) mass is 504 g/mol. The number of carbonyl (C=O) groups is 1. The standard InChI is InChI=1S/C30H33FN2O4/c1-36-24-7-3-5-21(17-24)6-4-15-33-16-13-22(23(20-33)18-30(34)35)8-10-28(31)26-12-14-32-29-11-9-25(37-2)19-27(26)29/h3,5,7,9,11-12,14,17,19,22-23,28H,8,10,13,15-16,18,20H2,1-2H3,(H,34,35)/t22-,23+,28?/m1/s1. The summed E-state index contributed by atoms with van der Waals surface area (Å²) < 4.78 is 26.0. The highest BCUT2D eigenvalue weighted by atomic mass is 19.1. The van der Waals surface area contributed by atoms with Gasteiger partial charge in [0.25, 0.3) is 0 Å². The number of piperidine rings is 1. The van der Waals surface area contributed by atoms with E-state index in [0.29, 0.717) is 37.2 Å². The molecule has 0 saturated carbocycles. The first-order valence-electron chi connectivity index (χ1n) is 12.6. The van der Waals surface area contributed by atoms with Crippen molar-refractivity contribution in [1.82, 2.24) is 9.88 Å². The van der Waals surface area contributed by atoms with Crippen LogP contribution < -0.4 is 9.47 Å². The Kier molecular flexibility index (Phi) is 8.97. The Morgan fingerprint density at radius 3 is 2.76 bits per heavy atom. The Morgan fingerprint density at radius 1 is 1.16 bits per heavy atom.